The van der Waals surface area contributed by atoms with Crippen LogP contribution in [0, 0.1) is 0 Å². The minimum atomic E-state index is 0.541. The minimum Gasteiger partial charge on any atom is -0.330 e. The van der Waals surface area contributed by atoms with Crippen molar-refractivity contribution in [1.29, 1.82) is 0 Å². The number of aromatic nitrogens is 2. The molecule has 0 amide bonds. The van der Waals surface area contributed by atoms with Gasteiger partial charge in [0, 0.05) is 12.5 Å². The zero-order valence-corrected chi connectivity index (χ0v) is 7.10. The van der Waals surface area contributed by atoms with Crippen LogP contribution >= 0.6 is 11.5 Å². The van der Waals surface area contributed by atoms with Gasteiger partial charge in [-0.25, -0.2) is 0 Å². The molecule has 3 nitrogen and oxygen atoms in total. The lowest BCUT2D eigenvalue weighted by molar-refractivity contribution is 0.562. The van der Waals surface area contributed by atoms with Gasteiger partial charge in [0.1, 0.15) is 0 Å². The van der Waals surface area contributed by atoms with Gasteiger partial charge in [-0.2, -0.15) is 0 Å². The van der Waals surface area contributed by atoms with E-state index in [9.17, 15) is 0 Å². The van der Waals surface area contributed by atoms with Crippen LogP contribution in [0.25, 0.3) is 0 Å². The van der Waals surface area contributed by atoms with Crippen molar-refractivity contribution in [3.05, 3.63) is 10.6 Å². The van der Waals surface area contributed by atoms with Crippen LogP contribution in [0.5, 0.6) is 0 Å². The average Bonchev–Trinajstić information content (AvgIpc) is 2.50. The van der Waals surface area contributed by atoms with Crippen molar-refractivity contribution in [2.75, 3.05) is 6.54 Å². The van der Waals surface area contributed by atoms with Crippen molar-refractivity contribution in [2.45, 2.75) is 25.2 Å². The first-order valence-corrected chi connectivity index (χ1v) is 4.70. The summed E-state index contributed by atoms with van der Waals surface area (Å²) in [4.78, 5) is 1.33. The smallest absolute Gasteiger partial charge is 0.0790 e. The SMILES string of the molecule is NCC1CCCc2nnsc21. The van der Waals surface area contributed by atoms with Gasteiger partial charge >= 0.3 is 0 Å². The Bertz CT molecular complexity index is 246. The minimum absolute atomic E-state index is 0.541. The Morgan fingerprint density at radius 3 is 3.36 bits per heavy atom. The Labute approximate surface area is 69.8 Å². The summed E-state index contributed by atoms with van der Waals surface area (Å²) in [7, 11) is 0. The summed E-state index contributed by atoms with van der Waals surface area (Å²) in [5.74, 6) is 0.541. The van der Waals surface area contributed by atoms with Gasteiger partial charge in [0.25, 0.3) is 0 Å². The van der Waals surface area contributed by atoms with Gasteiger partial charge in [-0.15, -0.1) is 5.10 Å². The number of rotatable bonds is 1. The Kier molecular flexibility index (Phi) is 1.87. The first kappa shape index (κ1) is 7.18. The molecule has 0 fully saturated rings. The van der Waals surface area contributed by atoms with E-state index >= 15 is 0 Å². The van der Waals surface area contributed by atoms with Crippen LogP contribution in [-0.2, 0) is 6.42 Å². The van der Waals surface area contributed by atoms with Gasteiger partial charge in [-0.3, -0.25) is 0 Å². The van der Waals surface area contributed by atoms with Crippen LogP contribution in [0.3, 0.4) is 0 Å². The zero-order chi connectivity index (χ0) is 7.68. The lowest BCUT2D eigenvalue weighted by Crippen LogP contribution is -2.16. The standard InChI is InChI=1S/C7H11N3S/c8-4-5-2-1-3-6-7(5)11-10-9-6/h5H,1-4,8H2. The second-order valence-electron chi connectivity index (χ2n) is 2.91. The maximum atomic E-state index is 5.63. The molecule has 2 N–H and O–H groups in total. The zero-order valence-electron chi connectivity index (χ0n) is 6.29. The molecule has 1 atom stereocenters. The molecule has 1 unspecified atom stereocenters. The molecule has 1 aromatic rings. The molecule has 0 aromatic carbocycles. The molecule has 60 valence electrons. The van der Waals surface area contributed by atoms with Crippen LogP contribution in [0.4, 0.5) is 0 Å². The number of nitrogens with two attached hydrogens (primary N) is 1. The molecular formula is C7H11N3S. The van der Waals surface area contributed by atoms with Gasteiger partial charge in [-0.1, -0.05) is 4.49 Å². The van der Waals surface area contributed by atoms with Crippen molar-refractivity contribution in [3.63, 3.8) is 0 Å². The second-order valence-corrected chi connectivity index (χ2v) is 3.69. The average molecular weight is 169 g/mol. The Morgan fingerprint density at radius 1 is 1.64 bits per heavy atom. The normalized spacial score (nSPS) is 23.2. The fourth-order valence-electron chi connectivity index (χ4n) is 1.57. The molecule has 1 aliphatic rings. The van der Waals surface area contributed by atoms with E-state index in [0.29, 0.717) is 5.92 Å². The van der Waals surface area contributed by atoms with Crippen LogP contribution in [0.1, 0.15) is 29.3 Å². The molecule has 11 heavy (non-hydrogen) atoms. The Morgan fingerprint density at radius 2 is 2.55 bits per heavy atom. The summed E-state index contributed by atoms with van der Waals surface area (Å²) in [6.07, 6.45) is 3.54. The first-order valence-electron chi connectivity index (χ1n) is 3.93. The molecular weight excluding hydrogens is 158 g/mol. The maximum absolute atomic E-state index is 5.63. The summed E-state index contributed by atoms with van der Waals surface area (Å²) in [5, 5.41) is 4.07. The lowest BCUT2D eigenvalue weighted by Gasteiger charge is -2.17. The summed E-state index contributed by atoms with van der Waals surface area (Å²) < 4.78 is 3.94. The summed E-state index contributed by atoms with van der Waals surface area (Å²) >= 11 is 1.52. The fourth-order valence-corrected chi connectivity index (χ4v) is 2.41. The van der Waals surface area contributed by atoms with Crippen molar-refractivity contribution in [3.8, 4) is 0 Å². The van der Waals surface area contributed by atoms with Crippen molar-refractivity contribution < 1.29 is 0 Å². The third kappa shape index (κ3) is 1.16. The number of hydrogen-bond donors (Lipinski definition) is 1. The van der Waals surface area contributed by atoms with E-state index in [-0.39, 0.29) is 0 Å². The molecule has 4 heteroatoms. The molecule has 1 aliphatic carbocycles. The summed E-state index contributed by atoms with van der Waals surface area (Å²) in [6, 6.07) is 0. The highest BCUT2D eigenvalue weighted by molar-refractivity contribution is 7.05. The molecule has 0 aliphatic heterocycles. The summed E-state index contributed by atoms with van der Waals surface area (Å²) in [5.41, 5.74) is 6.82. The van der Waals surface area contributed by atoms with E-state index in [2.05, 4.69) is 9.59 Å². The molecule has 0 saturated heterocycles. The maximum Gasteiger partial charge on any atom is 0.0790 e. The monoisotopic (exact) mass is 169 g/mol. The van der Waals surface area contributed by atoms with Crippen molar-refractivity contribution >= 4 is 11.5 Å². The predicted octanol–water partition coefficient (Wildman–Crippen LogP) is 0.917. The molecule has 1 aromatic heterocycles. The third-order valence-corrected chi connectivity index (χ3v) is 3.14. The van der Waals surface area contributed by atoms with Crippen LogP contribution in [0.2, 0.25) is 0 Å². The molecule has 0 radical (unpaired) electrons. The number of hydrogen-bond acceptors (Lipinski definition) is 4. The topological polar surface area (TPSA) is 51.8 Å². The third-order valence-electron chi connectivity index (χ3n) is 2.21. The van der Waals surface area contributed by atoms with Gasteiger partial charge in [0.05, 0.1) is 10.6 Å². The highest BCUT2D eigenvalue weighted by Gasteiger charge is 2.21. The lowest BCUT2D eigenvalue weighted by atomic mass is 9.92. The van der Waals surface area contributed by atoms with Gasteiger partial charge in [-0.05, 0) is 30.8 Å². The molecule has 0 bridgehead atoms. The van der Waals surface area contributed by atoms with E-state index in [1.165, 1.54) is 34.9 Å². The first-order chi connectivity index (χ1) is 5.42. The molecule has 0 spiro atoms. The van der Waals surface area contributed by atoms with E-state index < -0.39 is 0 Å². The fraction of sp³-hybridized carbons (Fsp3) is 0.714. The highest BCUT2D eigenvalue weighted by Crippen LogP contribution is 2.31. The van der Waals surface area contributed by atoms with Crippen molar-refractivity contribution in [1.82, 2.24) is 9.59 Å². The van der Waals surface area contributed by atoms with Crippen LogP contribution in [0.15, 0.2) is 0 Å². The largest absolute Gasteiger partial charge is 0.330 e. The molecule has 2 rings (SSSR count). The van der Waals surface area contributed by atoms with Gasteiger partial charge in [0.2, 0.25) is 0 Å². The number of nitrogens with zero attached hydrogens (tertiary/aromatic N) is 2. The Balaban J connectivity index is 2.32. The van der Waals surface area contributed by atoms with E-state index in [1.807, 2.05) is 0 Å². The van der Waals surface area contributed by atoms with Crippen LogP contribution < -0.4 is 5.73 Å². The highest BCUT2D eigenvalue weighted by atomic mass is 32.1. The summed E-state index contributed by atoms with van der Waals surface area (Å²) in [6.45, 7) is 0.747. The Hall–Kier alpha value is -0.480. The number of fused-ring (bicyclic) bond motifs is 1. The van der Waals surface area contributed by atoms with E-state index in [1.54, 1.807) is 0 Å². The quantitative estimate of drug-likeness (QED) is 0.680. The van der Waals surface area contributed by atoms with Crippen molar-refractivity contribution in [2.24, 2.45) is 5.73 Å². The second kappa shape index (κ2) is 2.87. The number of aryl methyl sites for hydroxylation is 1. The molecule has 0 saturated carbocycles. The van der Waals surface area contributed by atoms with E-state index in [0.717, 1.165) is 13.0 Å². The van der Waals surface area contributed by atoms with Gasteiger partial charge in [0.15, 0.2) is 0 Å². The predicted molar refractivity (Wildman–Crippen MR) is 44.6 cm³/mol. The van der Waals surface area contributed by atoms with E-state index in [4.69, 9.17) is 5.73 Å². The molecule has 1 heterocycles. The van der Waals surface area contributed by atoms with Crippen LogP contribution in [-0.4, -0.2) is 16.1 Å². The van der Waals surface area contributed by atoms with Gasteiger partial charge < -0.3 is 5.73 Å².